The largest absolute Gasteiger partial charge is 0.339 e. The van der Waals surface area contributed by atoms with Crippen LogP contribution in [0.3, 0.4) is 0 Å². The number of nitrogens with one attached hydrogen (secondary N) is 3. The molecule has 0 amide bonds. The highest BCUT2D eigenvalue weighted by Crippen LogP contribution is 2.27. The zero-order chi connectivity index (χ0) is 20.9. The van der Waals surface area contributed by atoms with Gasteiger partial charge in [0.05, 0.1) is 11.9 Å². The van der Waals surface area contributed by atoms with Crippen molar-refractivity contribution in [2.45, 2.75) is 4.43 Å². The Bertz CT molecular complexity index is 1230. The van der Waals surface area contributed by atoms with Gasteiger partial charge >= 0.3 is 0 Å². The minimum Gasteiger partial charge on any atom is -0.339 e. The Morgan fingerprint density at radius 3 is 2.80 bits per heavy atom. The number of H-pyrrole nitrogens is 2. The summed E-state index contributed by atoms with van der Waals surface area (Å²) in [6, 6.07) is 16.1. The van der Waals surface area contributed by atoms with E-state index in [4.69, 9.17) is 0 Å². The molecule has 0 atom stereocenters. The van der Waals surface area contributed by atoms with E-state index in [1.54, 1.807) is 24.5 Å². The van der Waals surface area contributed by atoms with E-state index in [1.165, 1.54) is 17.7 Å². The molecule has 0 aliphatic rings. The van der Waals surface area contributed by atoms with E-state index >= 15 is 0 Å². The highest BCUT2D eigenvalue weighted by atomic mass is 127. The number of hydrogen-bond donors (Lipinski definition) is 3. The molecule has 0 unspecified atom stereocenters. The fraction of sp³-hybridized carbons (Fsp3) is 0.0476. The van der Waals surface area contributed by atoms with Crippen molar-refractivity contribution < 1.29 is 4.39 Å². The third kappa shape index (κ3) is 4.23. The summed E-state index contributed by atoms with van der Waals surface area (Å²) in [6.07, 6.45) is 3.18. The Morgan fingerprint density at radius 1 is 1.20 bits per heavy atom. The van der Waals surface area contributed by atoms with Crippen LogP contribution in [0.5, 0.6) is 0 Å². The summed E-state index contributed by atoms with van der Waals surface area (Å²) in [5.41, 5.74) is 4.49. The third-order valence-electron chi connectivity index (χ3n) is 4.34. The molecule has 0 aliphatic carbocycles. The van der Waals surface area contributed by atoms with Crippen molar-refractivity contribution in [3.8, 4) is 17.3 Å². The number of nitrogens with zero attached hydrogens (tertiary/aromatic N) is 4. The predicted octanol–water partition coefficient (Wildman–Crippen LogP) is 5.24. The molecule has 2 heterocycles. The molecule has 0 spiro atoms. The predicted molar refractivity (Wildman–Crippen MR) is 122 cm³/mol. The molecule has 2 aromatic heterocycles. The van der Waals surface area contributed by atoms with Gasteiger partial charge in [-0.2, -0.15) is 15.5 Å². The number of aromatic amines is 2. The van der Waals surface area contributed by atoms with Crippen LogP contribution in [0.1, 0.15) is 16.7 Å². The number of anilines is 2. The molecule has 0 saturated carbocycles. The Labute approximate surface area is 185 Å². The fourth-order valence-electron chi connectivity index (χ4n) is 2.87. The lowest BCUT2D eigenvalue weighted by atomic mass is 10.1. The molecule has 4 rings (SSSR count). The first-order valence-electron chi connectivity index (χ1n) is 8.91. The van der Waals surface area contributed by atoms with Crippen LogP contribution in [-0.2, 0) is 4.43 Å². The monoisotopic (exact) mass is 511 g/mol. The summed E-state index contributed by atoms with van der Waals surface area (Å²) in [5, 5.41) is 26.7. The number of aliphatic imine (C=N–C) groups is 1. The van der Waals surface area contributed by atoms with Crippen LogP contribution in [0.2, 0.25) is 0 Å². The van der Waals surface area contributed by atoms with Gasteiger partial charge < -0.3 is 5.32 Å². The molecule has 0 radical (unpaired) electrons. The van der Waals surface area contributed by atoms with Crippen molar-refractivity contribution in [2.24, 2.45) is 4.99 Å². The minimum atomic E-state index is -0.312. The van der Waals surface area contributed by atoms with Crippen LogP contribution >= 0.6 is 22.6 Å². The fourth-order valence-corrected chi connectivity index (χ4v) is 3.35. The number of nitriles is 1. The molecule has 2 aromatic carbocycles. The van der Waals surface area contributed by atoms with Gasteiger partial charge in [0.15, 0.2) is 5.82 Å². The Morgan fingerprint density at radius 2 is 2.03 bits per heavy atom. The van der Waals surface area contributed by atoms with Crippen molar-refractivity contribution >= 4 is 46.1 Å². The molecule has 4 aromatic rings. The molecule has 3 N–H and O–H groups in total. The van der Waals surface area contributed by atoms with Gasteiger partial charge in [0.1, 0.15) is 23.3 Å². The van der Waals surface area contributed by atoms with Gasteiger partial charge in [0, 0.05) is 27.5 Å². The van der Waals surface area contributed by atoms with Crippen LogP contribution in [0.4, 0.5) is 21.7 Å². The van der Waals surface area contributed by atoms with Crippen molar-refractivity contribution in [3.63, 3.8) is 0 Å². The normalized spacial score (nSPS) is 11.0. The van der Waals surface area contributed by atoms with Gasteiger partial charge in [0.25, 0.3) is 0 Å². The molecule has 9 heteroatoms. The first-order valence-corrected chi connectivity index (χ1v) is 10.4. The van der Waals surface area contributed by atoms with Gasteiger partial charge in [-0.05, 0) is 42.0 Å². The average molecular weight is 511 g/mol. The quantitative estimate of drug-likeness (QED) is 0.187. The molecule has 148 valence electrons. The number of hydrogen-bond acceptors (Lipinski definition) is 5. The van der Waals surface area contributed by atoms with Crippen LogP contribution in [0.15, 0.2) is 59.7 Å². The van der Waals surface area contributed by atoms with Crippen LogP contribution in [0, 0.1) is 17.1 Å². The van der Waals surface area contributed by atoms with Crippen LogP contribution in [-0.4, -0.2) is 26.6 Å². The van der Waals surface area contributed by atoms with Crippen molar-refractivity contribution in [1.82, 2.24) is 20.4 Å². The first kappa shape index (κ1) is 19.8. The molecule has 0 saturated heterocycles. The van der Waals surface area contributed by atoms with Crippen molar-refractivity contribution in [3.05, 3.63) is 77.2 Å². The van der Waals surface area contributed by atoms with Gasteiger partial charge in [-0.1, -0.05) is 34.7 Å². The van der Waals surface area contributed by atoms with Crippen molar-refractivity contribution in [1.29, 1.82) is 5.26 Å². The van der Waals surface area contributed by atoms with Gasteiger partial charge in [0.2, 0.25) is 0 Å². The lowest BCUT2D eigenvalue weighted by Gasteiger charge is -2.05. The smallest absolute Gasteiger partial charge is 0.193 e. The van der Waals surface area contributed by atoms with E-state index in [0.717, 1.165) is 15.7 Å². The standard InChI is InChI=1S/C21H15FIN7/c22-16-6-4-14(5-7-16)19-15(12-26-28-19)11-25-20-18(10-24)21(30-29-20)27-17-3-1-2-13(8-17)9-23/h1-8,11-12H,9H2,(H,26,28)(H2,27,29,30). The maximum Gasteiger partial charge on any atom is 0.193 e. The zero-order valence-electron chi connectivity index (χ0n) is 15.5. The summed E-state index contributed by atoms with van der Waals surface area (Å²) in [4.78, 5) is 4.35. The number of aromatic nitrogens is 4. The second-order valence-corrected chi connectivity index (χ2v) is 7.10. The second-order valence-electron chi connectivity index (χ2n) is 6.33. The van der Waals surface area contributed by atoms with Gasteiger partial charge in [-0.15, -0.1) is 0 Å². The molecule has 7 nitrogen and oxygen atoms in total. The summed E-state index contributed by atoms with van der Waals surface area (Å²) in [5.74, 6) is 0.422. The highest BCUT2D eigenvalue weighted by Gasteiger charge is 2.13. The molecular formula is C21H15FIN7. The molecule has 0 aliphatic heterocycles. The summed E-state index contributed by atoms with van der Waals surface area (Å²) in [6.45, 7) is 0. The maximum atomic E-state index is 13.2. The maximum absolute atomic E-state index is 13.2. The SMILES string of the molecule is N#Cc1c(N=Cc2cn[nH]c2-c2ccc(F)cc2)n[nH]c1Nc1cccc(CI)c1. The number of rotatable bonds is 6. The summed E-state index contributed by atoms with van der Waals surface area (Å²) in [7, 11) is 0. The number of benzene rings is 2. The number of alkyl halides is 1. The van der Waals surface area contributed by atoms with E-state index in [-0.39, 0.29) is 11.6 Å². The first-order chi connectivity index (χ1) is 14.7. The van der Waals surface area contributed by atoms with Crippen LogP contribution < -0.4 is 5.32 Å². The van der Waals surface area contributed by atoms with Gasteiger partial charge in [-0.3, -0.25) is 10.2 Å². The Kier molecular flexibility index (Phi) is 5.85. The average Bonchev–Trinajstić information content (AvgIpc) is 3.39. The summed E-state index contributed by atoms with van der Waals surface area (Å²) < 4.78 is 14.1. The topological polar surface area (TPSA) is 106 Å². The highest BCUT2D eigenvalue weighted by molar-refractivity contribution is 14.1. The Hall–Kier alpha value is -3.52. The van der Waals surface area contributed by atoms with E-state index in [9.17, 15) is 9.65 Å². The number of halogens is 2. The van der Waals surface area contributed by atoms with E-state index in [0.29, 0.717) is 22.6 Å². The second kappa shape index (κ2) is 8.87. The Balaban J connectivity index is 1.59. The van der Waals surface area contributed by atoms with E-state index < -0.39 is 0 Å². The molecule has 0 fully saturated rings. The zero-order valence-corrected chi connectivity index (χ0v) is 17.7. The van der Waals surface area contributed by atoms with E-state index in [2.05, 4.69) is 59.4 Å². The molecular weight excluding hydrogens is 496 g/mol. The third-order valence-corrected chi connectivity index (χ3v) is 5.22. The summed E-state index contributed by atoms with van der Waals surface area (Å²) >= 11 is 2.30. The van der Waals surface area contributed by atoms with E-state index in [1.807, 2.05) is 24.3 Å². The van der Waals surface area contributed by atoms with Crippen LogP contribution in [0.25, 0.3) is 11.3 Å². The minimum absolute atomic E-state index is 0.260. The lowest BCUT2D eigenvalue weighted by Crippen LogP contribution is -1.93. The lowest BCUT2D eigenvalue weighted by molar-refractivity contribution is 0.628. The van der Waals surface area contributed by atoms with Gasteiger partial charge in [-0.25, -0.2) is 9.38 Å². The molecule has 30 heavy (non-hydrogen) atoms. The van der Waals surface area contributed by atoms with Crippen molar-refractivity contribution in [2.75, 3.05) is 5.32 Å². The molecule has 0 bridgehead atoms.